The molecule has 4 nitrogen and oxygen atoms in total. The van der Waals surface area contributed by atoms with Gasteiger partial charge in [-0.25, -0.2) is 0 Å². The average Bonchev–Trinajstić information content (AvgIpc) is 3.08. The smallest absolute Gasteiger partial charge is 0.305 e. The lowest BCUT2D eigenvalue weighted by atomic mass is 10.0. The first-order chi connectivity index (χ1) is 23.2. The van der Waals surface area contributed by atoms with Gasteiger partial charge in [0, 0.05) is 6.42 Å². The standard InChI is InChI=1S/C43H86O4/c1-2-3-4-5-6-7-8-9-17-21-24-27-30-33-36-39-43(46)47-40-37-34-31-28-25-22-19-16-14-12-10-11-13-15-18-20-23-26-29-32-35-38-42(45)41-44/h42,44-45H,2-41H2,1H3. The predicted molar refractivity (Wildman–Crippen MR) is 205 cm³/mol. The molecule has 0 heterocycles. The number of aliphatic hydroxyl groups is 2. The summed E-state index contributed by atoms with van der Waals surface area (Å²) in [6.07, 6.45) is 49.1. The van der Waals surface area contributed by atoms with Crippen molar-refractivity contribution in [3.63, 3.8) is 0 Å². The summed E-state index contributed by atoms with van der Waals surface area (Å²) in [6, 6.07) is 0. The Morgan fingerprint density at radius 3 is 1.02 bits per heavy atom. The minimum absolute atomic E-state index is 0.0205. The number of aliphatic hydroxyl groups excluding tert-OH is 2. The summed E-state index contributed by atoms with van der Waals surface area (Å²) >= 11 is 0. The maximum atomic E-state index is 12.0. The molecule has 0 radical (unpaired) electrons. The summed E-state index contributed by atoms with van der Waals surface area (Å²) in [5.41, 5.74) is 0. The highest BCUT2D eigenvalue weighted by molar-refractivity contribution is 5.69. The second-order valence-electron chi connectivity index (χ2n) is 15.0. The van der Waals surface area contributed by atoms with Crippen molar-refractivity contribution in [2.24, 2.45) is 0 Å². The SMILES string of the molecule is CCCCCCCCCCCCCCCCCC(=O)OCCCCCCCCCCCCCCCCCCCCCCCC(O)CO. The molecule has 0 aromatic heterocycles. The second-order valence-corrected chi connectivity index (χ2v) is 15.0. The summed E-state index contributed by atoms with van der Waals surface area (Å²) in [6.45, 7) is 2.82. The number of hydrogen-bond acceptors (Lipinski definition) is 4. The molecule has 0 aliphatic heterocycles. The minimum atomic E-state index is -0.509. The zero-order chi connectivity index (χ0) is 34.1. The molecule has 282 valence electrons. The van der Waals surface area contributed by atoms with Crippen LogP contribution in [0.3, 0.4) is 0 Å². The van der Waals surface area contributed by atoms with Crippen LogP contribution in [-0.2, 0) is 9.53 Å². The zero-order valence-corrected chi connectivity index (χ0v) is 32.1. The van der Waals surface area contributed by atoms with Gasteiger partial charge in [0.1, 0.15) is 0 Å². The molecule has 0 saturated carbocycles. The van der Waals surface area contributed by atoms with Gasteiger partial charge < -0.3 is 14.9 Å². The Morgan fingerprint density at radius 1 is 0.426 bits per heavy atom. The Labute approximate surface area is 295 Å². The maximum absolute atomic E-state index is 12.0. The molecule has 0 aromatic rings. The molecule has 0 bridgehead atoms. The molecule has 0 aliphatic carbocycles. The normalized spacial score (nSPS) is 12.1. The monoisotopic (exact) mass is 667 g/mol. The minimum Gasteiger partial charge on any atom is -0.466 e. The Hall–Kier alpha value is -0.610. The third-order valence-electron chi connectivity index (χ3n) is 10.1. The molecule has 47 heavy (non-hydrogen) atoms. The Balaban J connectivity index is 3.14. The van der Waals surface area contributed by atoms with Crippen LogP contribution >= 0.6 is 0 Å². The van der Waals surface area contributed by atoms with Crippen molar-refractivity contribution in [3.05, 3.63) is 0 Å². The number of unbranched alkanes of at least 4 members (excludes halogenated alkanes) is 34. The van der Waals surface area contributed by atoms with Gasteiger partial charge in [0.15, 0.2) is 0 Å². The first-order valence-electron chi connectivity index (χ1n) is 21.6. The van der Waals surface area contributed by atoms with E-state index < -0.39 is 6.10 Å². The van der Waals surface area contributed by atoms with Gasteiger partial charge in [0.2, 0.25) is 0 Å². The molecule has 0 aromatic carbocycles. The molecule has 0 rings (SSSR count). The van der Waals surface area contributed by atoms with E-state index in [9.17, 15) is 9.90 Å². The summed E-state index contributed by atoms with van der Waals surface area (Å²) < 4.78 is 5.46. The second kappa shape index (κ2) is 41.6. The third-order valence-corrected chi connectivity index (χ3v) is 10.1. The molecular formula is C43H86O4. The number of carbonyl (C=O) groups excluding carboxylic acids is 1. The highest BCUT2D eigenvalue weighted by Gasteiger charge is 2.03. The van der Waals surface area contributed by atoms with Crippen molar-refractivity contribution in [1.29, 1.82) is 0 Å². The molecule has 2 N–H and O–H groups in total. The predicted octanol–water partition coefficient (Wildman–Crippen LogP) is 13.7. The molecule has 0 fully saturated rings. The molecule has 1 atom stereocenters. The lowest BCUT2D eigenvalue weighted by Crippen LogP contribution is -2.10. The molecule has 4 heteroatoms. The Bertz CT molecular complexity index is 580. The fraction of sp³-hybridized carbons (Fsp3) is 0.977. The fourth-order valence-corrected chi connectivity index (χ4v) is 6.83. The molecule has 0 spiro atoms. The highest BCUT2D eigenvalue weighted by atomic mass is 16.5. The van der Waals surface area contributed by atoms with Gasteiger partial charge >= 0.3 is 5.97 Å². The van der Waals surface area contributed by atoms with Crippen LogP contribution in [0.25, 0.3) is 0 Å². The van der Waals surface area contributed by atoms with Crippen LogP contribution in [0.15, 0.2) is 0 Å². The van der Waals surface area contributed by atoms with Crippen molar-refractivity contribution >= 4 is 5.97 Å². The molecule has 0 amide bonds. The van der Waals surface area contributed by atoms with Gasteiger partial charge in [-0.05, 0) is 19.3 Å². The summed E-state index contributed by atoms with van der Waals surface area (Å²) in [5, 5.41) is 18.2. The number of carbonyl (C=O) groups is 1. The Morgan fingerprint density at radius 2 is 0.702 bits per heavy atom. The van der Waals surface area contributed by atoms with Gasteiger partial charge in [-0.15, -0.1) is 0 Å². The van der Waals surface area contributed by atoms with Gasteiger partial charge in [-0.3, -0.25) is 4.79 Å². The van der Waals surface area contributed by atoms with Gasteiger partial charge in [-0.2, -0.15) is 0 Å². The number of esters is 1. The number of hydrogen-bond donors (Lipinski definition) is 2. The van der Waals surface area contributed by atoms with E-state index in [-0.39, 0.29) is 12.6 Å². The molecular weight excluding hydrogens is 580 g/mol. The van der Waals surface area contributed by atoms with E-state index in [4.69, 9.17) is 9.84 Å². The van der Waals surface area contributed by atoms with Crippen molar-refractivity contribution in [3.8, 4) is 0 Å². The first-order valence-corrected chi connectivity index (χ1v) is 21.6. The van der Waals surface area contributed by atoms with Crippen LogP contribution in [0.1, 0.15) is 251 Å². The van der Waals surface area contributed by atoms with E-state index in [1.54, 1.807) is 0 Å². The third kappa shape index (κ3) is 41.5. The van der Waals surface area contributed by atoms with Gasteiger partial charge in [-0.1, -0.05) is 225 Å². The maximum Gasteiger partial charge on any atom is 0.305 e. The van der Waals surface area contributed by atoms with E-state index in [0.29, 0.717) is 13.0 Å². The van der Waals surface area contributed by atoms with E-state index in [0.717, 1.165) is 25.7 Å². The van der Waals surface area contributed by atoms with Gasteiger partial charge in [0.05, 0.1) is 19.3 Å². The quantitative estimate of drug-likeness (QED) is 0.0503. The lowest BCUT2D eigenvalue weighted by molar-refractivity contribution is -0.143. The number of ether oxygens (including phenoxy) is 1. The number of rotatable bonds is 41. The molecule has 0 saturated heterocycles. The van der Waals surface area contributed by atoms with E-state index in [1.807, 2.05) is 0 Å². The fourth-order valence-electron chi connectivity index (χ4n) is 6.83. The van der Waals surface area contributed by atoms with Crippen LogP contribution in [0.5, 0.6) is 0 Å². The van der Waals surface area contributed by atoms with Crippen molar-refractivity contribution in [1.82, 2.24) is 0 Å². The van der Waals surface area contributed by atoms with Crippen molar-refractivity contribution in [2.45, 2.75) is 257 Å². The highest BCUT2D eigenvalue weighted by Crippen LogP contribution is 2.17. The van der Waals surface area contributed by atoms with E-state index >= 15 is 0 Å². The topological polar surface area (TPSA) is 66.8 Å². The van der Waals surface area contributed by atoms with E-state index in [1.165, 1.54) is 212 Å². The van der Waals surface area contributed by atoms with Crippen LogP contribution in [-0.4, -0.2) is 35.5 Å². The molecule has 1 unspecified atom stereocenters. The average molecular weight is 667 g/mol. The first kappa shape index (κ1) is 46.4. The van der Waals surface area contributed by atoms with Crippen LogP contribution in [0, 0.1) is 0 Å². The van der Waals surface area contributed by atoms with Crippen LogP contribution < -0.4 is 0 Å². The van der Waals surface area contributed by atoms with Gasteiger partial charge in [0.25, 0.3) is 0 Å². The van der Waals surface area contributed by atoms with Crippen molar-refractivity contribution < 1.29 is 19.7 Å². The zero-order valence-electron chi connectivity index (χ0n) is 32.1. The van der Waals surface area contributed by atoms with Crippen LogP contribution in [0.4, 0.5) is 0 Å². The van der Waals surface area contributed by atoms with Crippen molar-refractivity contribution in [2.75, 3.05) is 13.2 Å². The largest absolute Gasteiger partial charge is 0.466 e. The summed E-state index contributed by atoms with van der Waals surface area (Å²) in [5.74, 6) is 0.0205. The summed E-state index contributed by atoms with van der Waals surface area (Å²) in [4.78, 5) is 12.0. The molecule has 0 aliphatic rings. The Kier molecular flexibility index (Phi) is 41.0. The summed E-state index contributed by atoms with van der Waals surface area (Å²) in [7, 11) is 0. The lowest BCUT2D eigenvalue weighted by Gasteiger charge is -2.06. The van der Waals surface area contributed by atoms with Crippen LogP contribution in [0.2, 0.25) is 0 Å². The van der Waals surface area contributed by atoms with E-state index in [2.05, 4.69) is 6.92 Å².